The first kappa shape index (κ1) is 10.8. The van der Waals surface area contributed by atoms with E-state index in [2.05, 4.69) is 4.98 Å². The molecule has 1 rings (SSSR count). The van der Waals surface area contributed by atoms with E-state index in [0.29, 0.717) is 5.82 Å². The minimum absolute atomic E-state index is 0.205. The van der Waals surface area contributed by atoms with Crippen LogP contribution in [0.4, 0.5) is 5.82 Å². The molecule has 0 bridgehead atoms. The van der Waals surface area contributed by atoms with E-state index in [-0.39, 0.29) is 11.2 Å². The van der Waals surface area contributed by atoms with Gasteiger partial charge in [0.1, 0.15) is 5.82 Å². The summed E-state index contributed by atoms with van der Waals surface area (Å²) >= 11 is 0. The zero-order valence-electron chi connectivity index (χ0n) is 9.40. The first-order chi connectivity index (χ1) is 6.32. The second-order valence-electron chi connectivity index (χ2n) is 4.50. The first-order valence-corrected chi connectivity index (χ1v) is 4.60. The van der Waals surface area contributed by atoms with Crippen molar-refractivity contribution in [1.82, 2.24) is 9.55 Å². The molecule has 0 spiro atoms. The summed E-state index contributed by atoms with van der Waals surface area (Å²) in [6.07, 6.45) is 1.78. The third kappa shape index (κ3) is 2.13. The van der Waals surface area contributed by atoms with Crippen LogP contribution in [0.2, 0.25) is 0 Å². The van der Waals surface area contributed by atoms with Crippen LogP contribution < -0.4 is 10.6 Å². The predicted molar refractivity (Wildman–Crippen MR) is 57.8 cm³/mol. The van der Waals surface area contributed by atoms with E-state index in [1.54, 1.807) is 10.8 Å². The van der Waals surface area contributed by atoms with Crippen molar-refractivity contribution in [2.75, 3.05) is 19.0 Å². The lowest BCUT2D eigenvalue weighted by Crippen LogP contribution is -2.35. The van der Waals surface area contributed by atoms with Crippen molar-refractivity contribution in [2.24, 2.45) is 0 Å². The van der Waals surface area contributed by atoms with Gasteiger partial charge in [0.05, 0.1) is 0 Å². The van der Waals surface area contributed by atoms with E-state index in [1.807, 2.05) is 45.8 Å². The van der Waals surface area contributed by atoms with Gasteiger partial charge in [-0.3, -0.25) is 4.57 Å². The number of hydrogen-bond donors (Lipinski definition) is 0. The molecule has 0 amide bonds. The molecule has 0 aliphatic carbocycles. The van der Waals surface area contributed by atoms with E-state index in [9.17, 15) is 4.79 Å². The highest BCUT2D eigenvalue weighted by Gasteiger charge is 2.15. The van der Waals surface area contributed by atoms with Gasteiger partial charge in [-0.05, 0) is 26.8 Å². The summed E-state index contributed by atoms with van der Waals surface area (Å²) in [6, 6.07) is 1.84. The van der Waals surface area contributed by atoms with Crippen molar-refractivity contribution < 1.29 is 0 Å². The van der Waals surface area contributed by atoms with Crippen LogP contribution in [0.15, 0.2) is 17.1 Å². The Labute approximate surface area is 84.2 Å². The van der Waals surface area contributed by atoms with Gasteiger partial charge in [-0.25, -0.2) is 4.79 Å². The molecule has 0 aliphatic rings. The molecule has 1 aromatic heterocycles. The Hall–Kier alpha value is -1.32. The Balaban J connectivity index is 3.22. The Morgan fingerprint density at radius 3 is 2.29 bits per heavy atom. The fourth-order valence-electron chi connectivity index (χ4n) is 1.15. The normalized spacial score (nSPS) is 11.5. The second kappa shape index (κ2) is 3.44. The van der Waals surface area contributed by atoms with E-state index in [0.717, 1.165) is 0 Å². The van der Waals surface area contributed by atoms with Crippen LogP contribution in [0.3, 0.4) is 0 Å². The maximum Gasteiger partial charge on any atom is 0.349 e. The Morgan fingerprint density at radius 2 is 1.93 bits per heavy atom. The predicted octanol–water partition coefficient (Wildman–Crippen LogP) is 1.06. The monoisotopic (exact) mass is 195 g/mol. The van der Waals surface area contributed by atoms with Gasteiger partial charge in [-0.15, -0.1) is 0 Å². The number of rotatable bonds is 1. The zero-order chi connectivity index (χ0) is 10.9. The van der Waals surface area contributed by atoms with Crippen molar-refractivity contribution in [3.05, 3.63) is 22.7 Å². The van der Waals surface area contributed by atoms with Gasteiger partial charge in [0, 0.05) is 25.8 Å². The van der Waals surface area contributed by atoms with Crippen LogP contribution in [0.1, 0.15) is 20.8 Å². The van der Waals surface area contributed by atoms with Gasteiger partial charge >= 0.3 is 5.69 Å². The van der Waals surface area contributed by atoms with Crippen molar-refractivity contribution in [3.8, 4) is 0 Å². The lowest BCUT2D eigenvalue weighted by atomic mass is 10.1. The van der Waals surface area contributed by atoms with Crippen LogP contribution in [0.25, 0.3) is 0 Å². The fourth-order valence-corrected chi connectivity index (χ4v) is 1.15. The van der Waals surface area contributed by atoms with Crippen LogP contribution in [-0.4, -0.2) is 23.6 Å². The van der Waals surface area contributed by atoms with Gasteiger partial charge < -0.3 is 4.90 Å². The quantitative estimate of drug-likeness (QED) is 0.672. The maximum atomic E-state index is 11.6. The average molecular weight is 195 g/mol. The summed E-state index contributed by atoms with van der Waals surface area (Å²) in [6.45, 7) is 5.93. The van der Waals surface area contributed by atoms with Crippen LogP contribution in [-0.2, 0) is 5.54 Å². The van der Waals surface area contributed by atoms with Crippen LogP contribution in [0.5, 0.6) is 0 Å². The van der Waals surface area contributed by atoms with E-state index >= 15 is 0 Å². The molecule has 0 aromatic carbocycles. The molecule has 78 valence electrons. The molecule has 0 saturated heterocycles. The largest absolute Gasteiger partial charge is 0.363 e. The van der Waals surface area contributed by atoms with Gasteiger partial charge in [0.15, 0.2) is 0 Å². The number of aromatic nitrogens is 2. The number of anilines is 1. The SMILES string of the molecule is CN(C)c1ccn(C(C)(C)C)c(=O)n1. The Bertz CT molecular complexity index is 374. The van der Waals surface area contributed by atoms with Crippen molar-refractivity contribution in [1.29, 1.82) is 0 Å². The van der Waals surface area contributed by atoms with Crippen LogP contribution >= 0.6 is 0 Å². The standard InChI is InChI=1S/C10H17N3O/c1-10(2,3)13-7-6-8(12(4)5)11-9(13)14/h6-7H,1-5H3. The summed E-state index contributed by atoms with van der Waals surface area (Å²) in [5.74, 6) is 0.690. The Kier molecular flexibility index (Phi) is 2.64. The topological polar surface area (TPSA) is 38.1 Å². The number of nitrogens with zero attached hydrogens (tertiary/aromatic N) is 3. The highest BCUT2D eigenvalue weighted by molar-refractivity contribution is 5.33. The first-order valence-electron chi connectivity index (χ1n) is 4.60. The molecule has 0 fully saturated rings. The smallest absolute Gasteiger partial charge is 0.349 e. The number of hydrogen-bond acceptors (Lipinski definition) is 3. The highest BCUT2D eigenvalue weighted by atomic mass is 16.1. The molecule has 0 saturated carbocycles. The molecule has 4 heteroatoms. The molecule has 0 N–H and O–H groups in total. The van der Waals surface area contributed by atoms with Crippen molar-refractivity contribution in [2.45, 2.75) is 26.3 Å². The Morgan fingerprint density at radius 1 is 1.36 bits per heavy atom. The molecule has 4 nitrogen and oxygen atoms in total. The van der Waals surface area contributed by atoms with Gasteiger partial charge in [0.2, 0.25) is 0 Å². The highest BCUT2D eigenvalue weighted by Crippen LogP contribution is 2.11. The third-order valence-electron chi connectivity index (χ3n) is 1.97. The molecule has 1 heterocycles. The zero-order valence-corrected chi connectivity index (χ0v) is 9.40. The molecule has 1 aromatic rings. The average Bonchev–Trinajstić information content (AvgIpc) is 2.01. The molecular formula is C10H17N3O. The molecule has 0 atom stereocenters. The summed E-state index contributed by atoms with van der Waals surface area (Å²) in [5.41, 5.74) is -0.418. The minimum Gasteiger partial charge on any atom is -0.363 e. The third-order valence-corrected chi connectivity index (χ3v) is 1.97. The van der Waals surface area contributed by atoms with Crippen molar-refractivity contribution in [3.63, 3.8) is 0 Å². The molecular weight excluding hydrogens is 178 g/mol. The van der Waals surface area contributed by atoms with Gasteiger partial charge in [-0.2, -0.15) is 4.98 Å². The molecule has 14 heavy (non-hydrogen) atoms. The lowest BCUT2D eigenvalue weighted by molar-refractivity contribution is 0.377. The van der Waals surface area contributed by atoms with Gasteiger partial charge in [0.25, 0.3) is 0 Å². The minimum atomic E-state index is -0.213. The molecule has 0 aliphatic heterocycles. The van der Waals surface area contributed by atoms with Crippen molar-refractivity contribution >= 4 is 5.82 Å². The summed E-state index contributed by atoms with van der Waals surface area (Å²) in [5, 5.41) is 0. The molecule has 0 unspecified atom stereocenters. The maximum absolute atomic E-state index is 11.6. The van der Waals surface area contributed by atoms with E-state index < -0.39 is 0 Å². The summed E-state index contributed by atoms with van der Waals surface area (Å²) in [7, 11) is 3.73. The van der Waals surface area contributed by atoms with Gasteiger partial charge in [-0.1, -0.05) is 0 Å². The lowest BCUT2D eigenvalue weighted by Gasteiger charge is -2.22. The van der Waals surface area contributed by atoms with E-state index in [4.69, 9.17) is 0 Å². The van der Waals surface area contributed by atoms with E-state index in [1.165, 1.54) is 0 Å². The summed E-state index contributed by atoms with van der Waals surface area (Å²) < 4.78 is 1.62. The molecule has 0 radical (unpaired) electrons. The second-order valence-corrected chi connectivity index (χ2v) is 4.50. The van der Waals surface area contributed by atoms with Crippen LogP contribution in [0, 0.1) is 0 Å². The fraction of sp³-hybridized carbons (Fsp3) is 0.600. The summed E-state index contributed by atoms with van der Waals surface area (Å²) in [4.78, 5) is 17.4.